The van der Waals surface area contributed by atoms with Crippen LogP contribution in [0.25, 0.3) is 0 Å². The highest BCUT2D eigenvalue weighted by molar-refractivity contribution is 5.77. The van der Waals surface area contributed by atoms with Crippen LogP contribution >= 0.6 is 0 Å². The summed E-state index contributed by atoms with van der Waals surface area (Å²) in [7, 11) is 3.90. The topological polar surface area (TPSA) is 60.9 Å². The van der Waals surface area contributed by atoms with E-state index in [0.29, 0.717) is 6.04 Å². The lowest BCUT2D eigenvalue weighted by molar-refractivity contribution is -0.140. The van der Waals surface area contributed by atoms with Crippen molar-refractivity contribution in [2.45, 2.75) is 45.6 Å². The van der Waals surface area contributed by atoms with E-state index in [2.05, 4.69) is 11.9 Å². The summed E-state index contributed by atoms with van der Waals surface area (Å²) in [4.78, 5) is 26.9. The molecule has 1 N–H and O–H groups in total. The van der Waals surface area contributed by atoms with Crippen LogP contribution in [0.1, 0.15) is 39.5 Å². The second-order valence-electron chi connectivity index (χ2n) is 6.46. The minimum Gasteiger partial charge on any atom is -0.481 e. The molecule has 19 heavy (non-hydrogen) atoms. The molecule has 5 nitrogen and oxygen atoms in total. The number of hydrogen-bond acceptors (Lipinski definition) is 3. The number of rotatable bonds is 6. The fraction of sp³-hybridized carbons (Fsp3) is 0.857. The molecule has 1 aliphatic heterocycles. The zero-order chi connectivity index (χ0) is 14.6. The summed E-state index contributed by atoms with van der Waals surface area (Å²) in [5.74, 6) is -0.817. The molecule has 1 unspecified atom stereocenters. The van der Waals surface area contributed by atoms with Crippen molar-refractivity contribution in [3.8, 4) is 0 Å². The van der Waals surface area contributed by atoms with Crippen molar-refractivity contribution in [1.29, 1.82) is 0 Å². The first kappa shape index (κ1) is 16.0. The number of likely N-dealkylation sites (tertiary alicyclic amines) is 1. The molecule has 1 aliphatic rings. The molecule has 5 heteroatoms. The molecule has 0 aromatic rings. The van der Waals surface area contributed by atoms with Crippen molar-refractivity contribution in [2.24, 2.45) is 5.41 Å². The van der Waals surface area contributed by atoms with Crippen molar-refractivity contribution in [3.05, 3.63) is 0 Å². The Morgan fingerprint density at radius 2 is 2.00 bits per heavy atom. The number of nitrogens with zero attached hydrogens (tertiary/aromatic N) is 2. The third-order valence-electron chi connectivity index (χ3n) is 3.84. The number of amides is 1. The van der Waals surface area contributed by atoms with E-state index in [9.17, 15) is 9.59 Å². The highest BCUT2D eigenvalue weighted by Gasteiger charge is 2.29. The highest BCUT2D eigenvalue weighted by atomic mass is 16.4. The molecule has 0 radical (unpaired) electrons. The van der Waals surface area contributed by atoms with Crippen LogP contribution in [0.4, 0.5) is 0 Å². The van der Waals surface area contributed by atoms with Crippen LogP contribution in [0.3, 0.4) is 0 Å². The summed E-state index contributed by atoms with van der Waals surface area (Å²) in [6, 6.07) is 0.441. The molecule has 110 valence electrons. The van der Waals surface area contributed by atoms with Gasteiger partial charge in [-0.15, -0.1) is 0 Å². The average molecular weight is 270 g/mol. The SMILES string of the molecule is CN(CC1CCCN1C)C(=O)CC(C)(C)CC(=O)O. The molecule has 0 saturated carbocycles. The summed E-state index contributed by atoms with van der Waals surface area (Å²) < 4.78 is 0. The molecule has 0 spiro atoms. The van der Waals surface area contributed by atoms with Crippen molar-refractivity contribution in [1.82, 2.24) is 9.80 Å². The molecule has 1 atom stereocenters. The van der Waals surface area contributed by atoms with Gasteiger partial charge in [0.15, 0.2) is 0 Å². The van der Waals surface area contributed by atoms with Gasteiger partial charge in [0, 0.05) is 26.1 Å². The minimum absolute atomic E-state index is 0.0237. The molecule has 1 rings (SSSR count). The summed E-state index contributed by atoms with van der Waals surface area (Å²) in [5.41, 5.74) is -0.487. The number of carboxylic acids is 1. The molecular weight excluding hydrogens is 244 g/mol. The molecule has 0 aromatic heterocycles. The Morgan fingerprint density at radius 3 is 2.47 bits per heavy atom. The fourth-order valence-electron chi connectivity index (χ4n) is 2.64. The van der Waals surface area contributed by atoms with Crippen molar-refractivity contribution in [3.63, 3.8) is 0 Å². The van der Waals surface area contributed by atoms with Gasteiger partial charge in [0.2, 0.25) is 5.91 Å². The first-order valence-corrected chi connectivity index (χ1v) is 6.87. The largest absolute Gasteiger partial charge is 0.481 e. The molecular formula is C14H26N2O3. The van der Waals surface area contributed by atoms with Crippen molar-refractivity contribution in [2.75, 3.05) is 27.2 Å². The number of likely N-dealkylation sites (N-methyl/N-ethyl adjacent to an activating group) is 2. The van der Waals surface area contributed by atoms with Crippen molar-refractivity contribution < 1.29 is 14.7 Å². The van der Waals surface area contributed by atoms with E-state index in [1.165, 1.54) is 6.42 Å². The third-order valence-corrected chi connectivity index (χ3v) is 3.84. The monoisotopic (exact) mass is 270 g/mol. The van der Waals surface area contributed by atoms with Gasteiger partial charge in [-0.1, -0.05) is 13.8 Å². The second-order valence-corrected chi connectivity index (χ2v) is 6.46. The van der Waals surface area contributed by atoms with E-state index in [1.54, 1.807) is 4.90 Å². The van der Waals surface area contributed by atoms with Crippen LogP contribution < -0.4 is 0 Å². The Kier molecular flexibility index (Phi) is 5.35. The summed E-state index contributed by atoms with van der Waals surface area (Å²) in [6.45, 7) is 5.48. The maximum Gasteiger partial charge on any atom is 0.303 e. The lowest BCUT2D eigenvalue weighted by atomic mass is 9.85. The van der Waals surface area contributed by atoms with Crippen LogP contribution in [0, 0.1) is 5.41 Å². The van der Waals surface area contributed by atoms with Gasteiger partial charge < -0.3 is 14.9 Å². The second kappa shape index (κ2) is 6.37. The molecule has 1 fully saturated rings. The van der Waals surface area contributed by atoms with E-state index in [4.69, 9.17) is 5.11 Å². The smallest absolute Gasteiger partial charge is 0.303 e. The van der Waals surface area contributed by atoms with Crippen LogP contribution in [0.5, 0.6) is 0 Å². The first-order chi connectivity index (χ1) is 8.71. The first-order valence-electron chi connectivity index (χ1n) is 6.87. The summed E-state index contributed by atoms with van der Waals surface area (Å²) in [6.07, 6.45) is 2.63. The molecule has 0 aromatic carbocycles. The Hall–Kier alpha value is -1.10. The predicted octanol–water partition coefficient (Wildman–Crippen LogP) is 1.43. The zero-order valence-electron chi connectivity index (χ0n) is 12.5. The molecule has 1 heterocycles. The Morgan fingerprint density at radius 1 is 1.37 bits per heavy atom. The fourth-order valence-corrected chi connectivity index (χ4v) is 2.64. The molecule has 0 aliphatic carbocycles. The zero-order valence-corrected chi connectivity index (χ0v) is 12.5. The Balaban J connectivity index is 2.46. The van der Waals surface area contributed by atoms with E-state index in [-0.39, 0.29) is 18.7 Å². The summed E-state index contributed by atoms with van der Waals surface area (Å²) >= 11 is 0. The van der Waals surface area contributed by atoms with E-state index in [0.717, 1.165) is 19.5 Å². The quantitative estimate of drug-likeness (QED) is 0.793. The minimum atomic E-state index is -0.851. The maximum absolute atomic E-state index is 12.1. The van der Waals surface area contributed by atoms with E-state index in [1.807, 2.05) is 20.9 Å². The van der Waals surface area contributed by atoms with Gasteiger partial charge in [-0.25, -0.2) is 0 Å². The highest BCUT2D eigenvalue weighted by Crippen LogP contribution is 2.26. The lowest BCUT2D eigenvalue weighted by Gasteiger charge is -2.29. The van der Waals surface area contributed by atoms with Crippen LogP contribution in [0.2, 0.25) is 0 Å². The maximum atomic E-state index is 12.1. The van der Waals surface area contributed by atoms with Crippen LogP contribution in [-0.4, -0.2) is 60.0 Å². The van der Waals surface area contributed by atoms with Gasteiger partial charge in [0.05, 0.1) is 6.42 Å². The number of carbonyl (C=O) groups excluding carboxylic acids is 1. The van der Waals surface area contributed by atoms with Gasteiger partial charge in [-0.2, -0.15) is 0 Å². The molecule has 1 amide bonds. The normalized spacial score (nSPS) is 20.5. The average Bonchev–Trinajstić information content (AvgIpc) is 2.61. The standard InChI is InChI=1S/C14H26N2O3/c1-14(2,9-13(18)19)8-12(17)16(4)10-11-6-5-7-15(11)3/h11H,5-10H2,1-4H3,(H,18,19). The van der Waals surface area contributed by atoms with Gasteiger partial charge in [0.1, 0.15) is 0 Å². The predicted molar refractivity (Wildman–Crippen MR) is 73.9 cm³/mol. The van der Waals surface area contributed by atoms with E-state index < -0.39 is 11.4 Å². The van der Waals surface area contributed by atoms with Gasteiger partial charge >= 0.3 is 5.97 Å². The number of carbonyl (C=O) groups is 2. The summed E-state index contributed by atoms with van der Waals surface area (Å²) in [5, 5.41) is 8.83. The molecule has 1 saturated heterocycles. The van der Waals surface area contributed by atoms with Gasteiger partial charge in [-0.3, -0.25) is 9.59 Å². The number of hydrogen-bond donors (Lipinski definition) is 1. The Labute approximate surface area is 115 Å². The van der Waals surface area contributed by atoms with Crippen LogP contribution in [0.15, 0.2) is 0 Å². The van der Waals surface area contributed by atoms with Gasteiger partial charge in [0.25, 0.3) is 0 Å². The third kappa shape index (κ3) is 5.19. The van der Waals surface area contributed by atoms with Crippen LogP contribution in [-0.2, 0) is 9.59 Å². The van der Waals surface area contributed by atoms with Crippen molar-refractivity contribution >= 4 is 11.9 Å². The number of aliphatic carboxylic acids is 1. The lowest BCUT2D eigenvalue weighted by Crippen LogP contribution is -2.41. The van der Waals surface area contributed by atoms with Gasteiger partial charge in [-0.05, 0) is 31.8 Å². The number of carboxylic acid groups (broad SMARTS) is 1. The van der Waals surface area contributed by atoms with E-state index >= 15 is 0 Å². The Bertz CT molecular complexity index is 342. The molecule has 0 bridgehead atoms.